The van der Waals surface area contributed by atoms with Gasteiger partial charge in [-0.1, -0.05) is 35.9 Å². The van der Waals surface area contributed by atoms with Gasteiger partial charge in [0.05, 0.1) is 6.54 Å². The van der Waals surface area contributed by atoms with Crippen LogP contribution in [-0.4, -0.2) is 41.3 Å². The largest absolute Gasteiger partial charge is 0.492 e. The fourth-order valence-corrected chi connectivity index (χ4v) is 2.90. The fraction of sp³-hybridized carbons (Fsp3) is 0.238. The van der Waals surface area contributed by atoms with Crippen molar-refractivity contribution in [3.8, 4) is 5.75 Å². The normalized spacial score (nSPS) is 11.8. The number of carbonyl (C=O) groups excluding carboxylic acids is 1. The van der Waals surface area contributed by atoms with Gasteiger partial charge >= 0.3 is 12.0 Å². The molecule has 1 atom stereocenters. The molecule has 0 fully saturated rings. The van der Waals surface area contributed by atoms with Crippen molar-refractivity contribution < 1.29 is 19.4 Å². The van der Waals surface area contributed by atoms with Crippen molar-refractivity contribution >= 4 is 22.9 Å². The molecule has 0 saturated heterocycles. The zero-order valence-electron chi connectivity index (χ0n) is 15.6. The summed E-state index contributed by atoms with van der Waals surface area (Å²) in [6, 6.07) is 13.7. The summed E-state index contributed by atoms with van der Waals surface area (Å²) < 4.78 is 5.53. The van der Waals surface area contributed by atoms with E-state index in [9.17, 15) is 14.7 Å². The van der Waals surface area contributed by atoms with Gasteiger partial charge in [-0.05, 0) is 30.7 Å². The highest BCUT2D eigenvalue weighted by molar-refractivity contribution is 5.86. The van der Waals surface area contributed by atoms with Gasteiger partial charge < -0.3 is 25.5 Å². The number of ether oxygens (including phenoxy) is 1. The first-order valence-corrected chi connectivity index (χ1v) is 9.04. The van der Waals surface area contributed by atoms with Crippen LogP contribution in [0.15, 0.2) is 54.7 Å². The Kier molecular flexibility index (Phi) is 6.16. The molecule has 2 amide bonds. The first kappa shape index (κ1) is 19.3. The number of hydrogen-bond acceptors (Lipinski definition) is 3. The van der Waals surface area contributed by atoms with Crippen LogP contribution in [0.4, 0.5) is 4.79 Å². The number of aromatic nitrogens is 1. The zero-order chi connectivity index (χ0) is 19.9. The van der Waals surface area contributed by atoms with Crippen LogP contribution in [0.3, 0.4) is 0 Å². The average Bonchev–Trinajstić information content (AvgIpc) is 3.09. The maximum Gasteiger partial charge on any atom is 0.326 e. The number of aryl methyl sites for hydroxylation is 1. The number of urea groups is 1. The van der Waals surface area contributed by atoms with Crippen molar-refractivity contribution in [2.24, 2.45) is 0 Å². The van der Waals surface area contributed by atoms with Crippen LogP contribution in [0.25, 0.3) is 10.9 Å². The molecular formula is C21H23N3O4. The van der Waals surface area contributed by atoms with Crippen molar-refractivity contribution in [3.63, 3.8) is 0 Å². The number of para-hydroxylation sites is 1. The van der Waals surface area contributed by atoms with E-state index >= 15 is 0 Å². The molecule has 2 aromatic carbocycles. The lowest BCUT2D eigenvalue weighted by atomic mass is 10.1. The third kappa shape index (κ3) is 5.03. The Bertz CT molecular complexity index is 950. The van der Waals surface area contributed by atoms with Gasteiger partial charge in [-0.25, -0.2) is 9.59 Å². The summed E-state index contributed by atoms with van der Waals surface area (Å²) in [6.07, 6.45) is 1.96. The van der Waals surface area contributed by atoms with Gasteiger partial charge in [0.2, 0.25) is 0 Å². The van der Waals surface area contributed by atoms with Gasteiger partial charge in [0, 0.05) is 23.5 Å². The quantitative estimate of drug-likeness (QED) is 0.451. The first-order chi connectivity index (χ1) is 13.5. The number of amides is 2. The third-order valence-electron chi connectivity index (χ3n) is 4.38. The van der Waals surface area contributed by atoms with Gasteiger partial charge in [0.25, 0.3) is 0 Å². The van der Waals surface area contributed by atoms with E-state index < -0.39 is 18.0 Å². The lowest BCUT2D eigenvalue weighted by Gasteiger charge is -2.15. The summed E-state index contributed by atoms with van der Waals surface area (Å²) in [6.45, 7) is 2.54. The predicted octanol–water partition coefficient (Wildman–Crippen LogP) is 2.85. The highest BCUT2D eigenvalue weighted by atomic mass is 16.5. The number of aromatic amines is 1. The number of benzene rings is 2. The van der Waals surface area contributed by atoms with Crippen LogP contribution < -0.4 is 15.4 Å². The number of carbonyl (C=O) groups is 2. The summed E-state index contributed by atoms with van der Waals surface area (Å²) in [5, 5.41) is 15.5. The second-order valence-corrected chi connectivity index (χ2v) is 6.52. The van der Waals surface area contributed by atoms with Gasteiger partial charge in [0.15, 0.2) is 0 Å². The molecule has 0 radical (unpaired) electrons. The van der Waals surface area contributed by atoms with Gasteiger partial charge in [0.1, 0.15) is 18.4 Å². The van der Waals surface area contributed by atoms with E-state index in [2.05, 4.69) is 15.6 Å². The van der Waals surface area contributed by atoms with Crippen LogP contribution in [0.1, 0.15) is 11.1 Å². The molecule has 1 heterocycles. The molecule has 0 spiro atoms. The molecule has 0 unspecified atom stereocenters. The van der Waals surface area contributed by atoms with Crippen LogP contribution in [-0.2, 0) is 11.2 Å². The van der Waals surface area contributed by atoms with E-state index in [1.54, 1.807) is 6.20 Å². The van der Waals surface area contributed by atoms with Crippen molar-refractivity contribution in [2.75, 3.05) is 13.2 Å². The molecule has 0 saturated carbocycles. The van der Waals surface area contributed by atoms with Gasteiger partial charge in [-0.15, -0.1) is 0 Å². The topological polar surface area (TPSA) is 103 Å². The number of H-pyrrole nitrogens is 1. The second-order valence-electron chi connectivity index (χ2n) is 6.52. The Labute approximate surface area is 162 Å². The number of hydrogen-bond donors (Lipinski definition) is 4. The number of aliphatic carboxylic acids is 1. The van der Waals surface area contributed by atoms with E-state index in [0.29, 0.717) is 0 Å². The SMILES string of the molecule is Cc1ccc(OCCNC(=O)N[C@@H](Cc2c[nH]c3ccccc23)C(=O)O)cc1. The minimum Gasteiger partial charge on any atom is -0.492 e. The van der Waals surface area contributed by atoms with E-state index in [0.717, 1.165) is 27.8 Å². The molecule has 146 valence electrons. The molecule has 0 aliphatic heterocycles. The van der Waals surface area contributed by atoms with Gasteiger partial charge in [-0.2, -0.15) is 0 Å². The van der Waals surface area contributed by atoms with Crippen LogP contribution in [0, 0.1) is 6.92 Å². The fourth-order valence-electron chi connectivity index (χ4n) is 2.90. The monoisotopic (exact) mass is 381 g/mol. The number of fused-ring (bicyclic) bond motifs is 1. The summed E-state index contributed by atoms with van der Waals surface area (Å²) >= 11 is 0. The lowest BCUT2D eigenvalue weighted by Crippen LogP contribution is -2.47. The molecule has 4 N–H and O–H groups in total. The smallest absolute Gasteiger partial charge is 0.326 e. The van der Waals surface area contributed by atoms with Crippen molar-refractivity contribution in [1.82, 2.24) is 15.6 Å². The maximum atomic E-state index is 12.1. The lowest BCUT2D eigenvalue weighted by molar-refractivity contribution is -0.139. The molecule has 0 aliphatic rings. The molecule has 0 bridgehead atoms. The van der Waals surface area contributed by atoms with Crippen molar-refractivity contribution in [2.45, 2.75) is 19.4 Å². The van der Waals surface area contributed by atoms with E-state index in [-0.39, 0.29) is 19.6 Å². The minimum atomic E-state index is -1.09. The first-order valence-electron chi connectivity index (χ1n) is 9.04. The second kappa shape index (κ2) is 8.94. The zero-order valence-corrected chi connectivity index (χ0v) is 15.6. The number of nitrogens with one attached hydrogen (secondary N) is 3. The minimum absolute atomic E-state index is 0.187. The molecule has 7 nitrogen and oxygen atoms in total. The van der Waals surface area contributed by atoms with Crippen LogP contribution in [0.2, 0.25) is 0 Å². The molecule has 3 rings (SSSR count). The summed E-state index contributed by atoms with van der Waals surface area (Å²) in [7, 11) is 0. The Balaban J connectivity index is 1.49. The van der Waals surface area contributed by atoms with Crippen LogP contribution in [0.5, 0.6) is 5.75 Å². The predicted molar refractivity (Wildman–Crippen MR) is 107 cm³/mol. The van der Waals surface area contributed by atoms with E-state index in [1.165, 1.54) is 0 Å². The summed E-state index contributed by atoms with van der Waals surface area (Å²) in [4.78, 5) is 26.7. The molecule has 28 heavy (non-hydrogen) atoms. The molecule has 3 aromatic rings. The van der Waals surface area contributed by atoms with Crippen LogP contribution >= 0.6 is 0 Å². The molecule has 0 aliphatic carbocycles. The number of rotatable bonds is 8. The summed E-state index contributed by atoms with van der Waals surface area (Å²) in [5.74, 6) is -0.369. The average molecular weight is 381 g/mol. The number of carboxylic acid groups (broad SMARTS) is 1. The van der Waals surface area contributed by atoms with E-state index in [4.69, 9.17) is 4.74 Å². The Morgan fingerprint density at radius 2 is 1.89 bits per heavy atom. The Hall–Kier alpha value is -3.48. The number of carboxylic acids is 1. The van der Waals surface area contributed by atoms with E-state index in [1.807, 2.05) is 55.5 Å². The standard InChI is InChI=1S/C21H23N3O4/c1-14-6-8-16(9-7-14)28-11-10-22-21(27)24-19(20(25)26)12-15-13-23-18-5-3-2-4-17(15)18/h2-9,13,19,23H,10-12H2,1H3,(H,25,26)(H2,22,24,27)/t19-/m0/s1. The molecule has 1 aromatic heterocycles. The maximum absolute atomic E-state index is 12.1. The van der Waals surface area contributed by atoms with Gasteiger partial charge in [-0.3, -0.25) is 0 Å². The third-order valence-corrected chi connectivity index (χ3v) is 4.38. The highest BCUT2D eigenvalue weighted by Gasteiger charge is 2.21. The Morgan fingerprint density at radius 3 is 2.64 bits per heavy atom. The van der Waals surface area contributed by atoms with Crippen molar-refractivity contribution in [1.29, 1.82) is 0 Å². The highest BCUT2D eigenvalue weighted by Crippen LogP contribution is 2.19. The Morgan fingerprint density at radius 1 is 1.14 bits per heavy atom. The molecular weight excluding hydrogens is 358 g/mol. The summed E-state index contributed by atoms with van der Waals surface area (Å²) in [5.41, 5.74) is 2.91. The van der Waals surface area contributed by atoms with Crippen molar-refractivity contribution in [3.05, 3.63) is 65.9 Å². The molecule has 7 heteroatoms.